The van der Waals surface area contributed by atoms with Gasteiger partial charge in [-0.2, -0.15) is 0 Å². The van der Waals surface area contributed by atoms with Gasteiger partial charge in [0.1, 0.15) is 0 Å². The molecule has 0 saturated heterocycles. The molecule has 6 heteroatoms. The third-order valence-electron chi connectivity index (χ3n) is 2.03. The summed E-state index contributed by atoms with van der Waals surface area (Å²) in [5.74, 6) is 2.42. The fourth-order valence-electron chi connectivity index (χ4n) is 1.23. The molecule has 1 aromatic carbocycles. The number of benzene rings is 1. The first-order valence-electron chi connectivity index (χ1n) is 4.74. The normalized spacial score (nSPS) is 14.0. The van der Waals surface area contributed by atoms with E-state index in [4.69, 9.17) is 20.9 Å². The molecule has 0 aromatic heterocycles. The van der Waals surface area contributed by atoms with Gasteiger partial charge in [0.15, 0.2) is 0 Å². The van der Waals surface area contributed by atoms with Crippen molar-refractivity contribution in [2.45, 2.75) is 13.2 Å². The Balaban J connectivity index is 2.85. The Hall–Kier alpha value is -1.15. The van der Waals surface area contributed by atoms with E-state index in [0.29, 0.717) is 16.7 Å². The molecule has 1 rings (SSSR count). The number of hydrogen-bond acceptors (Lipinski definition) is 4. The van der Waals surface area contributed by atoms with Crippen LogP contribution in [-0.4, -0.2) is 17.1 Å². The molecule has 0 spiro atoms. The summed E-state index contributed by atoms with van der Waals surface area (Å²) in [5, 5.41) is 9.02. The van der Waals surface area contributed by atoms with Crippen LogP contribution in [0.3, 0.4) is 0 Å². The third kappa shape index (κ3) is 4.31. The zero-order valence-corrected chi connectivity index (χ0v) is 10.2. The standard InChI is InChI=1S/C11H13O5P/c1-3-9-4-10(7-12)6-11(5-9)8-16-17(13,14)15-2/h1,4-6,12H,7-8H2,2H3,(H,13,14). The van der Waals surface area contributed by atoms with Crippen LogP contribution in [0.2, 0.25) is 0 Å². The minimum atomic E-state index is -4.00. The Kier molecular flexibility index (Phi) is 4.88. The fraction of sp³-hybridized carbons (Fsp3) is 0.273. The van der Waals surface area contributed by atoms with Crippen LogP contribution in [0, 0.1) is 12.3 Å². The van der Waals surface area contributed by atoms with E-state index in [1.807, 2.05) is 0 Å². The molecule has 17 heavy (non-hydrogen) atoms. The van der Waals surface area contributed by atoms with Crippen molar-refractivity contribution < 1.29 is 23.6 Å². The largest absolute Gasteiger partial charge is 0.472 e. The van der Waals surface area contributed by atoms with Crippen LogP contribution in [0.25, 0.3) is 0 Å². The van der Waals surface area contributed by atoms with Crippen LogP contribution in [-0.2, 0) is 26.8 Å². The van der Waals surface area contributed by atoms with E-state index >= 15 is 0 Å². The van der Waals surface area contributed by atoms with E-state index in [-0.39, 0.29) is 13.2 Å². The molecule has 0 heterocycles. The van der Waals surface area contributed by atoms with Gasteiger partial charge in [-0.05, 0) is 23.3 Å². The van der Waals surface area contributed by atoms with Gasteiger partial charge in [-0.1, -0.05) is 12.0 Å². The van der Waals surface area contributed by atoms with Gasteiger partial charge < -0.3 is 10.00 Å². The summed E-state index contributed by atoms with van der Waals surface area (Å²) >= 11 is 0. The molecular formula is C11H13O5P. The van der Waals surface area contributed by atoms with Crippen molar-refractivity contribution in [1.29, 1.82) is 0 Å². The van der Waals surface area contributed by atoms with Gasteiger partial charge in [0, 0.05) is 12.7 Å². The summed E-state index contributed by atoms with van der Waals surface area (Å²) in [5.41, 5.74) is 1.78. The number of hydrogen-bond donors (Lipinski definition) is 2. The quantitative estimate of drug-likeness (QED) is 0.615. The monoisotopic (exact) mass is 256 g/mol. The van der Waals surface area contributed by atoms with Crippen LogP contribution in [0.5, 0.6) is 0 Å². The molecule has 5 nitrogen and oxygen atoms in total. The molecule has 0 aliphatic rings. The zero-order chi connectivity index (χ0) is 12.9. The molecule has 0 amide bonds. The van der Waals surface area contributed by atoms with E-state index in [9.17, 15) is 4.57 Å². The predicted molar refractivity (Wildman–Crippen MR) is 61.9 cm³/mol. The Bertz CT molecular complexity index is 477. The third-order valence-corrected chi connectivity index (χ3v) is 2.94. The highest BCUT2D eigenvalue weighted by Gasteiger charge is 2.18. The Morgan fingerprint density at radius 3 is 2.59 bits per heavy atom. The highest BCUT2D eigenvalue weighted by Crippen LogP contribution is 2.42. The first kappa shape index (κ1) is 13.9. The van der Waals surface area contributed by atoms with Gasteiger partial charge in [0.2, 0.25) is 0 Å². The fourth-order valence-corrected chi connectivity index (χ4v) is 1.65. The molecule has 0 aliphatic heterocycles. The molecule has 1 atom stereocenters. The molecule has 0 saturated carbocycles. The topological polar surface area (TPSA) is 76.0 Å². The molecule has 0 radical (unpaired) electrons. The minimum absolute atomic E-state index is 0.121. The number of aliphatic hydroxyl groups excluding tert-OH is 1. The molecule has 0 fully saturated rings. The van der Waals surface area contributed by atoms with Gasteiger partial charge in [0.25, 0.3) is 0 Å². The van der Waals surface area contributed by atoms with Gasteiger partial charge in [-0.15, -0.1) is 6.42 Å². The van der Waals surface area contributed by atoms with E-state index in [2.05, 4.69) is 10.4 Å². The first-order valence-corrected chi connectivity index (χ1v) is 6.23. The van der Waals surface area contributed by atoms with Gasteiger partial charge >= 0.3 is 7.82 Å². The Morgan fingerprint density at radius 1 is 1.41 bits per heavy atom. The molecular weight excluding hydrogens is 243 g/mol. The smallest absolute Gasteiger partial charge is 0.392 e. The maximum Gasteiger partial charge on any atom is 0.472 e. The van der Waals surface area contributed by atoms with Crippen molar-refractivity contribution in [3.63, 3.8) is 0 Å². The number of phosphoric acid groups is 1. The second-order valence-corrected chi connectivity index (χ2v) is 4.83. The molecule has 0 bridgehead atoms. The number of phosphoric ester groups is 1. The molecule has 0 aliphatic carbocycles. The lowest BCUT2D eigenvalue weighted by Gasteiger charge is -2.10. The van der Waals surface area contributed by atoms with Gasteiger partial charge in [-0.25, -0.2) is 4.57 Å². The van der Waals surface area contributed by atoms with Crippen LogP contribution < -0.4 is 0 Å². The van der Waals surface area contributed by atoms with Gasteiger partial charge in [-0.3, -0.25) is 9.05 Å². The van der Waals surface area contributed by atoms with Crippen molar-refractivity contribution in [3.05, 3.63) is 34.9 Å². The van der Waals surface area contributed by atoms with Crippen LogP contribution in [0.1, 0.15) is 16.7 Å². The molecule has 1 aromatic rings. The van der Waals surface area contributed by atoms with E-state index in [0.717, 1.165) is 7.11 Å². The summed E-state index contributed by atoms with van der Waals surface area (Å²) in [6.07, 6.45) is 5.25. The summed E-state index contributed by atoms with van der Waals surface area (Å²) in [4.78, 5) is 9.06. The average molecular weight is 256 g/mol. The van der Waals surface area contributed by atoms with Crippen molar-refractivity contribution in [1.82, 2.24) is 0 Å². The van der Waals surface area contributed by atoms with Crippen molar-refractivity contribution in [2.24, 2.45) is 0 Å². The van der Waals surface area contributed by atoms with Crippen LogP contribution in [0.15, 0.2) is 18.2 Å². The van der Waals surface area contributed by atoms with E-state index < -0.39 is 7.82 Å². The van der Waals surface area contributed by atoms with Gasteiger partial charge in [0.05, 0.1) is 13.2 Å². The number of aliphatic hydroxyl groups is 1. The average Bonchev–Trinajstić information content (AvgIpc) is 2.36. The van der Waals surface area contributed by atoms with E-state index in [1.165, 1.54) is 0 Å². The summed E-state index contributed by atoms with van der Waals surface area (Å²) in [7, 11) is -2.92. The molecule has 2 N–H and O–H groups in total. The summed E-state index contributed by atoms with van der Waals surface area (Å²) in [6, 6.07) is 4.92. The van der Waals surface area contributed by atoms with Crippen molar-refractivity contribution in [3.8, 4) is 12.3 Å². The summed E-state index contributed by atoms with van der Waals surface area (Å²) < 4.78 is 20.1. The van der Waals surface area contributed by atoms with Crippen LogP contribution in [0.4, 0.5) is 0 Å². The lowest BCUT2D eigenvalue weighted by atomic mass is 10.1. The highest BCUT2D eigenvalue weighted by atomic mass is 31.2. The first-order chi connectivity index (χ1) is 8.00. The zero-order valence-electron chi connectivity index (χ0n) is 9.29. The maximum atomic E-state index is 11.1. The van der Waals surface area contributed by atoms with E-state index in [1.54, 1.807) is 18.2 Å². The number of terminal acetylenes is 1. The second-order valence-electron chi connectivity index (χ2n) is 3.27. The Morgan fingerprint density at radius 2 is 2.06 bits per heavy atom. The lowest BCUT2D eigenvalue weighted by Crippen LogP contribution is -1.96. The second kappa shape index (κ2) is 5.97. The Labute approximate surface area is 99.6 Å². The van der Waals surface area contributed by atoms with Crippen molar-refractivity contribution in [2.75, 3.05) is 7.11 Å². The SMILES string of the molecule is C#Cc1cc(CO)cc(COP(=O)(O)OC)c1. The van der Waals surface area contributed by atoms with Crippen LogP contribution >= 0.6 is 7.82 Å². The number of rotatable bonds is 5. The predicted octanol–water partition coefficient (Wildman–Crippen LogP) is 1.42. The molecule has 92 valence electrons. The lowest BCUT2D eigenvalue weighted by molar-refractivity contribution is 0.166. The molecule has 1 unspecified atom stereocenters. The maximum absolute atomic E-state index is 11.1. The minimum Gasteiger partial charge on any atom is -0.392 e. The summed E-state index contributed by atoms with van der Waals surface area (Å²) in [6.45, 7) is -0.284. The highest BCUT2D eigenvalue weighted by molar-refractivity contribution is 7.47. The van der Waals surface area contributed by atoms with Crippen molar-refractivity contribution >= 4 is 7.82 Å².